The van der Waals surface area contributed by atoms with Gasteiger partial charge in [-0.3, -0.25) is 19.5 Å². The Hall–Kier alpha value is -2.65. The molecule has 1 aliphatic rings. The number of nitrogens with one attached hydrogen (secondary N) is 1. The van der Waals surface area contributed by atoms with Crippen molar-refractivity contribution in [3.63, 3.8) is 0 Å². The number of aryl methyl sites for hydroxylation is 2. The molecule has 4 rings (SSSR count). The molecule has 1 aromatic carbocycles. The predicted octanol–water partition coefficient (Wildman–Crippen LogP) is 2.61. The van der Waals surface area contributed by atoms with Gasteiger partial charge in [-0.2, -0.15) is 0 Å². The zero-order valence-corrected chi connectivity index (χ0v) is 16.7. The molecule has 3 aromatic rings. The molecule has 9 heteroatoms. The summed E-state index contributed by atoms with van der Waals surface area (Å²) in [7, 11) is 0. The van der Waals surface area contributed by atoms with Gasteiger partial charge in [-0.15, -0.1) is 11.3 Å². The Bertz CT molecular complexity index is 1140. The number of nitrogens with zero attached hydrogens (tertiary/aromatic N) is 2. The van der Waals surface area contributed by atoms with Crippen molar-refractivity contribution in [2.75, 3.05) is 0 Å². The van der Waals surface area contributed by atoms with Crippen molar-refractivity contribution in [1.82, 2.24) is 14.9 Å². The number of aromatic nitrogens is 2. The third kappa shape index (κ3) is 3.31. The number of primary amides is 1. The fourth-order valence-corrected chi connectivity index (χ4v) is 5.57. The standard InChI is InChI=1S/C19H18N4O3S2/c1-10(15(24)21-18(20)26)27-19-22-16-14(12-8-5-9-13(12)28-16)17(25)23(19)11-6-3-2-4-7-11/h2-4,6-7,10H,5,8-9H2,1H3,(H3,20,21,24,26)/t10-/m1/s1. The van der Waals surface area contributed by atoms with Crippen LogP contribution in [0.4, 0.5) is 4.79 Å². The summed E-state index contributed by atoms with van der Waals surface area (Å²) in [5.74, 6) is -0.528. The van der Waals surface area contributed by atoms with Crippen molar-refractivity contribution < 1.29 is 9.59 Å². The van der Waals surface area contributed by atoms with Crippen LogP contribution < -0.4 is 16.6 Å². The number of para-hydroxylation sites is 1. The van der Waals surface area contributed by atoms with Gasteiger partial charge in [0.15, 0.2) is 5.16 Å². The Morgan fingerprint density at radius 3 is 2.75 bits per heavy atom. The highest BCUT2D eigenvalue weighted by Crippen LogP contribution is 2.36. The summed E-state index contributed by atoms with van der Waals surface area (Å²) in [5, 5.41) is 2.51. The van der Waals surface area contributed by atoms with Crippen molar-refractivity contribution in [3.8, 4) is 5.69 Å². The van der Waals surface area contributed by atoms with Crippen LogP contribution in [0.3, 0.4) is 0 Å². The molecule has 1 atom stereocenters. The lowest BCUT2D eigenvalue weighted by atomic mass is 10.2. The maximum Gasteiger partial charge on any atom is 0.318 e. The van der Waals surface area contributed by atoms with Crippen LogP contribution in [0.2, 0.25) is 0 Å². The second-order valence-corrected chi connectivity index (χ2v) is 8.91. The van der Waals surface area contributed by atoms with Gasteiger partial charge in [-0.25, -0.2) is 9.78 Å². The number of fused-ring (bicyclic) bond motifs is 3. The number of benzene rings is 1. The number of amides is 3. The van der Waals surface area contributed by atoms with Crippen LogP contribution in [0, 0.1) is 0 Å². The molecule has 2 aromatic heterocycles. The third-order valence-electron chi connectivity index (χ3n) is 4.62. The van der Waals surface area contributed by atoms with Gasteiger partial charge in [0.1, 0.15) is 4.83 Å². The highest BCUT2D eigenvalue weighted by Gasteiger charge is 2.26. The van der Waals surface area contributed by atoms with Gasteiger partial charge in [-0.05, 0) is 43.9 Å². The monoisotopic (exact) mass is 414 g/mol. The number of rotatable bonds is 4. The second-order valence-electron chi connectivity index (χ2n) is 6.52. The van der Waals surface area contributed by atoms with Gasteiger partial charge < -0.3 is 5.73 Å². The van der Waals surface area contributed by atoms with E-state index < -0.39 is 17.2 Å². The van der Waals surface area contributed by atoms with Gasteiger partial charge >= 0.3 is 6.03 Å². The topological polar surface area (TPSA) is 107 Å². The highest BCUT2D eigenvalue weighted by molar-refractivity contribution is 8.00. The molecule has 1 aliphatic carbocycles. The average Bonchev–Trinajstić information content (AvgIpc) is 3.22. The minimum Gasteiger partial charge on any atom is -0.351 e. The minimum absolute atomic E-state index is 0.124. The first-order valence-electron chi connectivity index (χ1n) is 8.85. The number of carbonyl (C=O) groups excluding carboxylic acids is 2. The summed E-state index contributed by atoms with van der Waals surface area (Å²) >= 11 is 2.68. The fraction of sp³-hybridized carbons (Fsp3) is 0.263. The summed E-state index contributed by atoms with van der Waals surface area (Å²) in [5.41, 5.74) is 6.71. The molecular weight excluding hydrogens is 396 g/mol. The predicted molar refractivity (Wildman–Crippen MR) is 110 cm³/mol. The van der Waals surface area contributed by atoms with Crippen LogP contribution in [0.5, 0.6) is 0 Å². The van der Waals surface area contributed by atoms with Crippen molar-refractivity contribution in [1.29, 1.82) is 0 Å². The number of imide groups is 1. The van der Waals surface area contributed by atoms with Crippen LogP contribution in [0.1, 0.15) is 23.8 Å². The van der Waals surface area contributed by atoms with E-state index in [4.69, 9.17) is 10.7 Å². The van der Waals surface area contributed by atoms with Crippen LogP contribution >= 0.6 is 23.1 Å². The van der Waals surface area contributed by atoms with Gasteiger partial charge in [-0.1, -0.05) is 30.0 Å². The Morgan fingerprint density at radius 1 is 1.29 bits per heavy atom. The smallest absolute Gasteiger partial charge is 0.318 e. The quantitative estimate of drug-likeness (QED) is 0.504. The van der Waals surface area contributed by atoms with E-state index in [9.17, 15) is 14.4 Å². The molecule has 0 spiro atoms. The Labute approximate surface area is 169 Å². The number of thiophene rings is 1. The van der Waals surface area contributed by atoms with Gasteiger partial charge in [0.2, 0.25) is 5.91 Å². The van der Waals surface area contributed by atoms with E-state index in [1.165, 1.54) is 4.88 Å². The van der Waals surface area contributed by atoms with Crippen molar-refractivity contribution in [2.45, 2.75) is 36.6 Å². The average molecular weight is 415 g/mol. The van der Waals surface area contributed by atoms with E-state index in [0.29, 0.717) is 21.1 Å². The number of hydrogen-bond donors (Lipinski definition) is 2. The van der Waals surface area contributed by atoms with Crippen LogP contribution in [-0.4, -0.2) is 26.7 Å². The summed E-state index contributed by atoms with van der Waals surface area (Å²) in [4.78, 5) is 43.2. The molecule has 0 bridgehead atoms. The molecule has 2 heterocycles. The molecular formula is C19H18N4O3S2. The third-order valence-corrected chi connectivity index (χ3v) is 6.86. The summed E-state index contributed by atoms with van der Waals surface area (Å²) in [6, 6.07) is 8.33. The number of hydrogen-bond acceptors (Lipinski definition) is 6. The lowest BCUT2D eigenvalue weighted by Gasteiger charge is -2.15. The lowest BCUT2D eigenvalue weighted by molar-refractivity contribution is -0.119. The summed E-state index contributed by atoms with van der Waals surface area (Å²) < 4.78 is 1.55. The zero-order valence-electron chi connectivity index (χ0n) is 15.1. The molecule has 0 fully saturated rings. The molecule has 0 saturated heterocycles. The molecule has 0 unspecified atom stereocenters. The van der Waals surface area contributed by atoms with E-state index in [0.717, 1.165) is 36.6 Å². The zero-order chi connectivity index (χ0) is 19.8. The van der Waals surface area contributed by atoms with E-state index in [-0.39, 0.29) is 5.56 Å². The van der Waals surface area contributed by atoms with Gasteiger partial charge in [0, 0.05) is 4.88 Å². The minimum atomic E-state index is -0.906. The van der Waals surface area contributed by atoms with E-state index >= 15 is 0 Å². The lowest BCUT2D eigenvalue weighted by Crippen LogP contribution is -2.39. The first kappa shape index (κ1) is 18.7. The molecule has 7 nitrogen and oxygen atoms in total. The Kier molecular flexibility index (Phi) is 4.94. The van der Waals surface area contributed by atoms with E-state index in [1.807, 2.05) is 30.3 Å². The van der Waals surface area contributed by atoms with Crippen LogP contribution in [0.15, 0.2) is 40.3 Å². The second kappa shape index (κ2) is 7.40. The van der Waals surface area contributed by atoms with Gasteiger partial charge in [0.05, 0.1) is 16.3 Å². The molecule has 0 aliphatic heterocycles. The molecule has 0 saturated carbocycles. The van der Waals surface area contributed by atoms with Crippen LogP contribution in [-0.2, 0) is 17.6 Å². The molecule has 0 radical (unpaired) electrons. The first-order valence-corrected chi connectivity index (χ1v) is 10.5. The summed E-state index contributed by atoms with van der Waals surface area (Å²) in [6.07, 6.45) is 2.93. The van der Waals surface area contributed by atoms with Crippen molar-refractivity contribution >= 4 is 45.3 Å². The number of carbonyl (C=O) groups is 2. The number of nitrogens with two attached hydrogens (primary N) is 1. The Morgan fingerprint density at radius 2 is 2.04 bits per heavy atom. The number of thioether (sulfide) groups is 1. The fourth-order valence-electron chi connectivity index (χ4n) is 3.34. The van der Waals surface area contributed by atoms with E-state index in [1.54, 1.807) is 22.8 Å². The number of urea groups is 1. The molecule has 28 heavy (non-hydrogen) atoms. The SMILES string of the molecule is C[C@@H](Sc1nc2sc3c(c2c(=O)n1-c1ccccc1)CCC3)C(=O)NC(N)=O. The Balaban J connectivity index is 1.86. The molecule has 3 amide bonds. The first-order chi connectivity index (χ1) is 13.5. The van der Waals surface area contributed by atoms with E-state index in [2.05, 4.69) is 5.32 Å². The van der Waals surface area contributed by atoms with Gasteiger partial charge in [0.25, 0.3) is 5.56 Å². The molecule has 144 valence electrons. The van der Waals surface area contributed by atoms with Crippen molar-refractivity contribution in [3.05, 3.63) is 51.1 Å². The van der Waals surface area contributed by atoms with Crippen molar-refractivity contribution in [2.24, 2.45) is 5.73 Å². The van der Waals surface area contributed by atoms with Crippen LogP contribution in [0.25, 0.3) is 15.9 Å². The molecule has 3 N–H and O–H groups in total. The largest absolute Gasteiger partial charge is 0.351 e. The summed E-state index contributed by atoms with van der Waals surface area (Å²) in [6.45, 7) is 1.64. The maximum absolute atomic E-state index is 13.4. The maximum atomic E-state index is 13.4. The highest BCUT2D eigenvalue weighted by atomic mass is 32.2. The normalized spacial score (nSPS) is 14.0.